The van der Waals surface area contributed by atoms with E-state index >= 15 is 0 Å². The number of nitrogens with one attached hydrogen (secondary N) is 4. The maximum absolute atomic E-state index is 10.1. The summed E-state index contributed by atoms with van der Waals surface area (Å²) in [6.07, 6.45) is -0.483. The molecule has 2 aromatic carbocycles. The van der Waals surface area contributed by atoms with E-state index in [0.717, 1.165) is 33.7 Å². The fourth-order valence-electron chi connectivity index (χ4n) is 2.97. The number of aromatic nitrogens is 4. The molecule has 0 fully saturated rings. The normalized spacial score (nSPS) is 11.8. The summed E-state index contributed by atoms with van der Waals surface area (Å²) < 4.78 is 0. The van der Waals surface area contributed by atoms with E-state index in [1.54, 1.807) is 0 Å². The van der Waals surface area contributed by atoms with Crippen LogP contribution in [0.15, 0.2) is 48.5 Å². The van der Waals surface area contributed by atoms with E-state index in [9.17, 15) is 5.11 Å². The molecule has 0 spiro atoms. The number of para-hydroxylation sites is 4. The number of benzene rings is 2. The Bertz CT molecular complexity index is 846. The molecule has 134 valence electrons. The lowest BCUT2D eigenvalue weighted by molar-refractivity contribution is 0.167. The van der Waals surface area contributed by atoms with Crippen molar-refractivity contribution in [3.63, 3.8) is 0 Å². The van der Waals surface area contributed by atoms with Gasteiger partial charge in [-0.25, -0.2) is 9.97 Å². The van der Waals surface area contributed by atoms with Crippen molar-refractivity contribution in [2.75, 3.05) is 13.1 Å². The van der Waals surface area contributed by atoms with Crippen molar-refractivity contribution in [1.82, 2.24) is 30.6 Å². The number of aliphatic hydroxyl groups is 1. The lowest BCUT2D eigenvalue weighted by Crippen LogP contribution is -2.35. The fourth-order valence-corrected chi connectivity index (χ4v) is 2.97. The van der Waals surface area contributed by atoms with Gasteiger partial charge in [-0.05, 0) is 24.3 Å². The van der Waals surface area contributed by atoms with Gasteiger partial charge in [0.05, 0.1) is 41.3 Å². The lowest BCUT2D eigenvalue weighted by Gasteiger charge is -2.11. The molecule has 26 heavy (non-hydrogen) atoms. The molecular weight excluding hydrogens is 328 g/mol. The summed E-state index contributed by atoms with van der Waals surface area (Å²) >= 11 is 0. The SMILES string of the molecule is OC(CNCc1nc2ccccc2[nH]1)CNCc1nc2ccccc2[nH]1. The van der Waals surface area contributed by atoms with Gasteiger partial charge < -0.3 is 25.7 Å². The summed E-state index contributed by atoms with van der Waals surface area (Å²) in [6, 6.07) is 15.9. The second-order valence-electron chi connectivity index (χ2n) is 6.32. The second kappa shape index (κ2) is 7.65. The second-order valence-corrected chi connectivity index (χ2v) is 6.32. The highest BCUT2D eigenvalue weighted by atomic mass is 16.3. The number of aromatic amines is 2. The average molecular weight is 350 g/mol. The molecule has 0 saturated heterocycles. The molecule has 7 heteroatoms. The molecule has 4 aromatic rings. The van der Waals surface area contributed by atoms with Crippen molar-refractivity contribution in [2.24, 2.45) is 0 Å². The number of rotatable bonds is 8. The number of hydrogen-bond donors (Lipinski definition) is 5. The fraction of sp³-hybridized carbons (Fsp3) is 0.263. The van der Waals surface area contributed by atoms with Crippen LogP contribution in [-0.2, 0) is 13.1 Å². The minimum atomic E-state index is -0.483. The van der Waals surface area contributed by atoms with E-state index < -0.39 is 6.10 Å². The third-order valence-corrected chi connectivity index (χ3v) is 4.22. The van der Waals surface area contributed by atoms with Crippen LogP contribution in [0.25, 0.3) is 22.1 Å². The molecule has 0 saturated carbocycles. The molecule has 0 bridgehead atoms. The van der Waals surface area contributed by atoms with E-state index in [2.05, 4.69) is 30.6 Å². The van der Waals surface area contributed by atoms with Crippen LogP contribution in [0.5, 0.6) is 0 Å². The van der Waals surface area contributed by atoms with Crippen LogP contribution in [0.1, 0.15) is 11.6 Å². The van der Waals surface area contributed by atoms with Crippen LogP contribution in [0.2, 0.25) is 0 Å². The van der Waals surface area contributed by atoms with Crippen molar-refractivity contribution >= 4 is 22.1 Å². The molecule has 2 aromatic heterocycles. The molecule has 0 unspecified atom stereocenters. The van der Waals surface area contributed by atoms with Gasteiger partial charge in [0.15, 0.2) is 0 Å². The number of hydrogen-bond acceptors (Lipinski definition) is 5. The first-order valence-electron chi connectivity index (χ1n) is 8.75. The van der Waals surface area contributed by atoms with Gasteiger partial charge in [-0.15, -0.1) is 0 Å². The maximum atomic E-state index is 10.1. The predicted octanol–water partition coefficient (Wildman–Crippen LogP) is 1.68. The zero-order chi connectivity index (χ0) is 17.8. The van der Waals surface area contributed by atoms with Crippen LogP contribution in [0, 0.1) is 0 Å². The van der Waals surface area contributed by atoms with Crippen molar-refractivity contribution in [1.29, 1.82) is 0 Å². The van der Waals surface area contributed by atoms with E-state index in [0.29, 0.717) is 26.2 Å². The van der Waals surface area contributed by atoms with E-state index in [-0.39, 0.29) is 0 Å². The third-order valence-electron chi connectivity index (χ3n) is 4.22. The summed E-state index contributed by atoms with van der Waals surface area (Å²) in [4.78, 5) is 15.5. The molecule has 0 amide bonds. The monoisotopic (exact) mass is 350 g/mol. The van der Waals surface area contributed by atoms with Crippen LogP contribution in [0.3, 0.4) is 0 Å². The Morgan fingerprint density at radius 2 is 1.23 bits per heavy atom. The average Bonchev–Trinajstić information content (AvgIpc) is 3.24. The Balaban J connectivity index is 1.19. The molecular formula is C19H22N6O. The van der Waals surface area contributed by atoms with Gasteiger partial charge in [0, 0.05) is 13.1 Å². The van der Waals surface area contributed by atoms with Crippen LogP contribution in [0.4, 0.5) is 0 Å². The Labute approximate surface area is 150 Å². The lowest BCUT2D eigenvalue weighted by atomic mass is 10.3. The summed E-state index contributed by atoms with van der Waals surface area (Å²) in [5, 5.41) is 16.5. The Hall–Kier alpha value is -2.74. The van der Waals surface area contributed by atoms with Crippen LogP contribution >= 0.6 is 0 Å². The number of imidazole rings is 2. The molecule has 0 aliphatic heterocycles. The zero-order valence-corrected chi connectivity index (χ0v) is 14.4. The highest BCUT2D eigenvalue weighted by molar-refractivity contribution is 5.75. The Morgan fingerprint density at radius 3 is 1.69 bits per heavy atom. The van der Waals surface area contributed by atoms with Gasteiger partial charge in [0.2, 0.25) is 0 Å². The van der Waals surface area contributed by atoms with Gasteiger partial charge in [0.1, 0.15) is 11.6 Å². The highest BCUT2D eigenvalue weighted by Gasteiger charge is 2.07. The standard InChI is InChI=1S/C19H22N6O/c26-13(9-20-11-18-22-14-5-1-2-6-15(14)23-18)10-21-12-19-24-16-7-3-4-8-17(16)25-19/h1-8,13,20-21,26H,9-12H2,(H,22,23)(H,24,25). The summed E-state index contributed by atoms with van der Waals surface area (Å²) in [7, 11) is 0. The summed E-state index contributed by atoms with van der Waals surface area (Å²) in [5.41, 5.74) is 3.96. The van der Waals surface area contributed by atoms with Crippen molar-refractivity contribution in [3.05, 3.63) is 60.2 Å². The molecule has 4 rings (SSSR count). The van der Waals surface area contributed by atoms with Crippen LogP contribution < -0.4 is 10.6 Å². The molecule has 0 aliphatic rings. The van der Waals surface area contributed by atoms with Gasteiger partial charge in [0.25, 0.3) is 0 Å². The number of nitrogens with zero attached hydrogens (tertiary/aromatic N) is 2. The molecule has 7 nitrogen and oxygen atoms in total. The largest absolute Gasteiger partial charge is 0.390 e. The molecule has 0 atom stereocenters. The van der Waals surface area contributed by atoms with Crippen LogP contribution in [-0.4, -0.2) is 44.2 Å². The smallest absolute Gasteiger partial charge is 0.121 e. The van der Waals surface area contributed by atoms with Gasteiger partial charge >= 0.3 is 0 Å². The maximum Gasteiger partial charge on any atom is 0.121 e. The molecule has 5 N–H and O–H groups in total. The number of H-pyrrole nitrogens is 2. The first-order chi connectivity index (χ1) is 12.8. The number of aliphatic hydroxyl groups excluding tert-OH is 1. The third kappa shape index (κ3) is 3.91. The minimum Gasteiger partial charge on any atom is -0.390 e. The Kier molecular flexibility index (Phi) is 4.92. The zero-order valence-electron chi connectivity index (χ0n) is 14.4. The minimum absolute atomic E-state index is 0.483. The quantitative estimate of drug-likeness (QED) is 0.333. The summed E-state index contributed by atoms with van der Waals surface area (Å²) in [6.45, 7) is 2.17. The molecule has 0 radical (unpaired) electrons. The van der Waals surface area contributed by atoms with Crippen molar-refractivity contribution in [3.8, 4) is 0 Å². The summed E-state index contributed by atoms with van der Waals surface area (Å²) in [5.74, 6) is 1.74. The van der Waals surface area contributed by atoms with Crippen molar-refractivity contribution < 1.29 is 5.11 Å². The van der Waals surface area contributed by atoms with Gasteiger partial charge in [-0.3, -0.25) is 0 Å². The van der Waals surface area contributed by atoms with E-state index in [4.69, 9.17) is 0 Å². The highest BCUT2D eigenvalue weighted by Crippen LogP contribution is 2.10. The van der Waals surface area contributed by atoms with Gasteiger partial charge in [-0.1, -0.05) is 24.3 Å². The van der Waals surface area contributed by atoms with E-state index in [1.165, 1.54) is 0 Å². The molecule has 2 heterocycles. The van der Waals surface area contributed by atoms with Crippen molar-refractivity contribution in [2.45, 2.75) is 19.2 Å². The predicted molar refractivity (Wildman–Crippen MR) is 102 cm³/mol. The first-order valence-corrected chi connectivity index (χ1v) is 8.75. The molecule has 0 aliphatic carbocycles. The first kappa shape index (κ1) is 16.7. The van der Waals surface area contributed by atoms with Gasteiger partial charge in [-0.2, -0.15) is 0 Å². The van der Waals surface area contributed by atoms with E-state index in [1.807, 2.05) is 48.5 Å². The number of fused-ring (bicyclic) bond motifs is 2. The Morgan fingerprint density at radius 1 is 0.769 bits per heavy atom. The topological polar surface area (TPSA) is 102 Å².